The Kier molecular flexibility index (Phi) is 4.56. The number of hydrogen-bond acceptors (Lipinski definition) is 3. The van der Waals surface area contributed by atoms with Gasteiger partial charge in [-0.1, -0.05) is 6.92 Å². The van der Waals surface area contributed by atoms with E-state index in [2.05, 4.69) is 30.9 Å². The number of aliphatic hydroxyl groups is 1. The van der Waals surface area contributed by atoms with Crippen LogP contribution in [0.1, 0.15) is 26.7 Å². The van der Waals surface area contributed by atoms with Crippen molar-refractivity contribution in [1.29, 1.82) is 0 Å². The number of thioether (sulfide) groups is 1. The maximum atomic E-state index is 8.85. The maximum Gasteiger partial charge on any atom is 0.0468 e. The Labute approximate surface area is 85.5 Å². The molecule has 1 aliphatic rings. The summed E-state index contributed by atoms with van der Waals surface area (Å²) in [6, 6.07) is 0. The average Bonchev–Trinajstić information content (AvgIpc) is 2.52. The molecule has 78 valence electrons. The lowest BCUT2D eigenvalue weighted by molar-refractivity contribution is 0.233. The first-order chi connectivity index (χ1) is 6.16. The van der Waals surface area contributed by atoms with Crippen molar-refractivity contribution in [3.05, 3.63) is 0 Å². The van der Waals surface area contributed by atoms with E-state index < -0.39 is 0 Å². The third-order valence-corrected chi connectivity index (χ3v) is 4.14. The topological polar surface area (TPSA) is 32.3 Å². The first-order valence-electron chi connectivity index (χ1n) is 5.12. The fourth-order valence-electron chi connectivity index (χ4n) is 1.62. The Morgan fingerprint density at radius 3 is 2.92 bits per heavy atom. The van der Waals surface area contributed by atoms with Gasteiger partial charge in [-0.15, -0.1) is 0 Å². The molecular weight excluding hydrogens is 182 g/mol. The predicted octanol–water partition coefficient (Wildman–Crippen LogP) is 1.49. The minimum atomic E-state index is 0.289. The van der Waals surface area contributed by atoms with Gasteiger partial charge in [0, 0.05) is 17.9 Å². The number of rotatable bonds is 5. The van der Waals surface area contributed by atoms with Gasteiger partial charge >= 0.3 is 0 Å². The quantitative estimate of drug-likeness (QED) is 0.710. The summed E-state index contributed by atoms with van der Waals surface area (Å²) < 4.78 is 0.454. The van der Waals surface area contributed by atoms with Gasteiger partial charge < -0.3 is 10.4 Å². The molecule has 0 aliphatic carbocycles. The largest absolute Gasteiger partial charge is 0.396 e. The summed E-state index contributed by atoms with van der Waals surface area (Å²) in [7, 11) is 0. The molecule has 1 rings (SSSR count). The molecule has 1 fully saturated rings. The van der Waals surface area contributed by atoms with E-state index >= 15 is 0 Å². The van der Waals surface area contributed by atoms with Crippen molar-refractivity contribution in [1.82, 2.24) is 5.32 Å². The normalized spacial score (nSPS) is 30.7. The van der Waals surface area contributed by atoms with E-state index in [1.165, 1.54) is 18.6 Å². The van der Waals surface area contributed by atoms with Crippen LogP contribution in [0.3, 0.4) is 0 Å². The van der Waals surface area contributed by atoms with Gasteiger partial charge in [0.1, 0.15) is 0 Å². The fourth-order valence-corrected chi connectivity index (χ4v) is 2.90. The highest BCUT2D eigenvalue weighted by Gasteiger charge is 2.28. The molecule has 0 aromatic carbocycles. The van der Waals surface area contributed by atoms with Gasteiger partial charge in [0.2, 0.25) is 0 Å². The molecule has 0 saturated carbocycles. The molecule has 3 heteroatoms. The van der Waals surface area contributed by atoms with E-state index in [1.807, 2.05) is 0 Å². The smallest absolute Gasteiger partial charge is 0.0468 e. The van der Waals surface area contributed by atoms with Crippen molar-refractivity contribution >= 4 is 11.8 Å². The number of hydrogen-bond donors (Lipinski definition) is 2. The second kappa shape index (κ2) is 5.23. The molecular formula is C10H21NOS. The lowest BCUT2D eigenvalue weighted by Gasteiger charge is -2.23. The summed E-state index contributed by atoms with van der Waals surface area (Å²) in [5, 5.41) is 12.3. The van der Waals surface area contributed by atoms with Gasteiger partial charge in [0.25, 0.3) is 0 Å². The van der Waals surface area contributed by atoms with Crippen LogP contribution < -0.4 is 5.32 Å². The Hall–Kier alpha value is 0.270. The van der Waals surface area contributed by atoms with E-state index in [-0.39, 0.29) is 6.61 Å². The summed E-state index contributed by atoms with van der Waals surface area (Å²) in [5.74, 6) is 1.70. The monoisotopic (exact) mass is 203 g/mol. The van der Waals surface area contributed by atoms with Crippen LogP contribution in [0.5, 0.6) is 0 Å². The zero-order chi connectivity index (χ0) is 9.73. The first-order valence-corrected chi connectivity index (χ1v) is 6.10. The molecule has 0 amide bonds. The summed E-state index contributed by atoms with van der Waals surface area (Å²) in [5.41, 5.74) is 0. The highest BCUT2D eigenvalue weighted by molar-refractivity contribution is 8.00. The van der Waals surface area contributed by atoms with Crippen molar-refractivity contribution in [3.63, 3.8) is 0 Å². The summed E-state index contributed by atoms with van der Waals surface area (Å²) in [6.07, 6.45) is 2.69. The van der Waals surface area contributed by atoms with Crippen molar-refractivity contribution in [2.75, 3.05) is 25.4 Å². The van der Waals surface area contributed by atoms with E-state index in [0.29, 0.717) is 10.7 Å². The van der Waals surface area contributed by atoms with Crippen LogP contribution in [0.2, 0.25) is 0 Å². The molecule has 1 heterocycles. The Morgan fingerprint density at radius 2 is 2.38 bits per heavy atom. The summed E-state index contributed by atoms with van der Waals surface area (Å²) in [6.45, 7) is 6.71. The van der Waals surface area contributed by atoms with Crippen molar-refractivity contribution < 1.29 is 5.11 Å². The SMILES string of the molecule is CC(CO)CNCC1(C)CCCS1. The lowest BCUT2D eigenvalue weighted by Crippen LogP contribution is -2.35. The number of aliphatic hydroxyl groups excluding tert-OH is 1. The van der Waals surface area contributed by atoms with Crippen LogP contribution in [0.4, 0.5) is 0 Å². The number of nitrogens with one attached hydrogen (secondary N) is 1. The van der Waals surface area contributed by atoms with Crippen molar-refractivity contribution in [2.24, 2.45) is 5.92 Å². The lowest BCUT2D eigenvalue weighted by atomic mass is 10.1. The second-order valence-electron chi connectivity index (χ2n) is 4.32. The van der Waals surface area contributed by atoms with Crippen molar-refractivity contribution in [2.45, 2.75) is 31.4 Å². The van der Waals surface area contributed by atoms with Gasteiger partial charge in [-0.3, -0.25) is 0 Å². The van der Waals surface area contributed by atoms with Gasteiger partial charge in [-0.2, -0.15) is 11.8 Å². The minimum Gasteiger partial charge on any atom is -0.396 e. The molecule has 0 aromatic rings. The van der Waals surface area contributed by atoms with Crippen LogP contribution in [0, 0.1) is 5.92 Å². The molecule has 1 aliphatic heterocycles. The summed E-state index contributed by atoms with van der Waals surface area (Å²) in [4.78, 5) is 0. The Bertz CT molecular complexity index is 146. The predicted molar refractivity (Wildman–Crippen MR) is 59.2 cm³/mol. The van der Waals surface area contributed by atoms with E-state index in [9.17, 15) is 0 Å². The molecule has 1 saturated heterocycles. The molecule has 2 nitrogen and oxygen atoms in total. The molecule has 2 N–H and O–H groups in total. The average molecular weight is 203 g/mol. The highest BCUT2D eigenvalue weighted by Crippen LogP contribution is 2.36. The third kappa shape index (κ3) is 3.88. The van der Waals surface area contributed by atoms with Gasteiger partial charge in [-0.25, -0.2) is 0 Å². The molecule has 2 atom stereocenters. The molecule has 0 aromatic heterocycles. The molecule has 0 radical (unpaired) electrons. The van der Waals surface area contributed by atoms with E-state index in [1.54, 1.807) is 0 Å². The molecule has 13 heavy (non-hydrogen) atoms. The maximum absolute atomic E-state index is 8.85. The summed E-state index contributed by atoms with van der Waals surface area (Å²) >= 11 is 2.08. The zero-order valence-electron chi connectivity index (χ0n) is 8.68. The highest BCUT2D eigenvalue weighted by atomic mass is 32.2. The van der Waals surface area contributed by atoms with Gasteiger partial charge in [-0.05, 0) is 38.0 Å². The van der Waals surface area contributed by atoms with Crippen LogP contribution >= 0.6 is 11.8 Å². The van der Waals surface area contributed by atoms with Crippen molar-refractivity contribution in [3.8, 4) is 0 Å². The second-order valence-corrected chi connectivity index (χ2v) is 6.00. The van der Waals surface area contributed by atoms with E-state index in [4.69, 9.17) is 5.11 Å². The van der Waals surface area contributed by atoms with Gasteiger partial charge in [0.05, 0.1) is 0 Å². The van der Waals surface area contributed by atoms with Crippen LogP contribution in [0.25, 0.3) is 0 Å². The standard InChI is InChI=1S/C10H21NOS/c1-9(7-12)6-11-8-10(2)4-3-5-13-10/h9,11-12H,3-8H2,1-2H3. The first kappa shape index (κ1) is 11.3. The Morgan fingerprint density at radius 1 is 1.62 bits per heavy atom. The third-order valence-electron chi connectivity index (χ3n) is 2.60. The zero-order valence-corrected chi connectivity index (χ0v) is 9.49. The minimum absolute atomic E-state index is 0.289. The van der Waals surface area contributed by atoms with Crippen LogP contribution in [-0.4, -0.2) is 35.3 Å². The van der Waals surface area contributed by atoms with Gasteiger partial charge in [0.15, 0.2) is 0 Å². The van der Waals surface area contributed by atoms with E-state index in [0.717, 1.165) is 13.1 Å². The molecule has 0 bridgehead atoms. The Balaban J connectivity index is 2.11. The molecule has 0 spiro atoms. The van der Waals surface area contributed by atoms with Crippen LogP contribution in [-0.2, 0) is 0 Å². The van der Waals surface area contributed by atoms with Crippen LogP contribution in [0.15, 0.2) is 0 Å². The molecule has 2 unspecified atom stereocenters. The fraction of sp³-hybridized carbons (Fsp3) is 1.00.